The normalized spacial score (nSPS) is 15.2. The molecule has 0 saturated heterocycles. The number of hydrogen-bond donors (Lipinski definition) is 1. The molecule has 27 heavy (non-hydrogen) atoms. The minimum atomic E-state index is -0.112. The summed E-state index contributed by atoms with van der Waals surface area (Å²) >= 11 is 0. The largest absolute Gasteiger partial charge is 0.486 e. The summed E-state index contributed by atoms with van der Waals surface area (Å²) in [5, 5.41) is 2.98. The molecule has 0 bridgehead atoms. The lowest BCUT2D eigenvalue weighted by atomic mass is 9.95. The van der Waals surface area contributed by atoms with Crippen LogP contribution in [0.15, 0.2) is 12.1 Å². The number of ether oxygens (including phenoxy) is 2. The lowest BCUT2D eigenvalue weighted by molar-refractivity contribution is 0.0952. The van der Waals surface area contributed by atoms with E-state index in [0.717, 1.165) is 29.9 Å². The number of fused-ring (bicyclic) bond motifs is 2. The van der Waals surface area contributed by atoms with Gasteiger partial charge in [0.05, 0.1) is 0 Å². The number of carbonyl (C=O) groups is 1. The van der Waals surface area contributed by atoms with E-state index in [2.05, 4.69) is 17.2 Å². The highest BCUT2D eigenvalue weighted by Gasteiger charge is 2.18. The molecule has 1 N–H and O–H groups in total. The first-order chi connectivity index (χ1) is 13.1. The zero-order valence-electron chi connectivity index (χ0n) is 15.9. The first-order valence-electron chi connectivity index (χ1n) is 9.65. The molecular weight excluding hydrogens is 342 g/mol. The average molecular weight is 367 g/mol. The monoisotopic (exact) mass is 367 g/mol. The lowest BCUT2D eigenvalue weighted by Gasteiger charge is -2.20. The molecule has 2 heterocycles. The highest BCUT2D eigenvalue weighted by Crippen LogP contribution is 2.33. The van der Waals surface area contributed by atoms with Gasteiger partial charge in [-0.25, -0.2) is 9.97 Å². The van der Waals surface area contributed by atoms with E-state index in [-0.39, 0.29) is 5.91 Å². The maximum atomic E-state index is 12.6. The second-order valence-corrected chi connectivity index (χ2v) is 7.17. The van der Waals surface area contributed by atoms with E-state index in [1.165, 1.54) is 24.1 Å². The Bertz CT molecular complexity index is 879. The molecule has 1 aliphatic heterocycles. The van der Waals surface area contributed by atoms with Crippen molar-refractivity contribution in [2.75, 3.05) is 19.8 Å². The highest BCUT2D eigenvalue weighted by atomic mass is 16.6. The molecule has 0 fully saturated rings. The van der Waals surface area contributed by atoms with Gasteiger partial charge in [-0.1, -0.05) is 0 Å². The van der Waals surface area contributed by atoms with Gasteiger partial charge in [0.1, 0.15) is 19.0 Å². The summed E-state index contributed by atoms with van der Waals surface area (Å²) in [5.74, 6) is 2.03. The number of nitrogens with one attached hydrogen (secondary N) is 1. The highest BCUT2D eigenvalue weighted by molar-refractivity contribution is 5.96. The van der Waals surface area contributed by atoms with Gasteiger partial charge in [0.15, 0.2) is 11.5 Å². The van der Waals surface area contributed by atoms with Crippen molar-refractivity contribution in [1.82, 2.24) is 15.3 Å². The maximum Gasteiger partial charge on any atom is 0.251 e. The fourth-order valence-corrected chi connectivity index (χ4v) is 3.77. The molecule has 0 radical (unpaired) electrons. The van der Waals surface area contributed by atoms with Crippen LogP contribution < -0.4 is 14.8 Å². The number of benzene rings is 1. The molecule has 1 aromatic heterocycles. The van der Waals surface area contributed by atoms with Gasteiger partial charge in [0.2, 0.25) is 0 Å². The van der Waals surface area contributed by atoms with E-state index < -0.39 is 0 Å². The van der Waals surface area contributed by atoms with Crippen LogP contribution in [-0.2, 0) is 19.3 Å². The molecule has 6 nitrogen and oxygen atoms in total. The molecule has 4 rings (SSSR count). The van der Waals surface area contributed by atoms with Crippen molar-refractivity contribution in [3.8, 4) is 11.5 Å². The van der Waals surface area contributed by atoms with Gasteiger partial charge in [-0.2, -0.15) is 0 Å². The molecule has 1 aliphatic carbocycles. The van der Waals surface area contributed by atoms with Crippen LogP contribution in [0.2, 0.25) is 0 Å². The Kier molecular flexibility index (Phi) is 4.97. The fourth-order valence-electron chi connectivity index (χ4n) is 3.77. The molecule has 142 valence electrons. The van der Waals surface area contributed by atoms with Crippen LogP contribution in [0.4, 0.5) is 0 Å². The van der Waals surface area contributed by atoms with Crippen LogP contribution in [0.3, 0.4) is 0 Å². The van der Waals surface area contributed by atoms with Gasteiger partial charge in [-0.15, -0.1) is 0 Å². The zero-order chi connectivity index (χ0) is 18.8. The Morgan fingerprint density at radius 1 is 1.07 bits per heavy atom. The second kappa shape index (κ2) is 7.55. The topological polar surface area (TPSA) is 73.3 Å². The summed E-state index contributed by atoms with van der Waals surface area (Å²) < 4.78 is 11.1. The Balaban J connectivity index is 1.41. The Hall–Kier alpha value is -2.63. The van der Waals surface area contributed by atoms with Crippen LogP contribution in [0.1, 0.15) is 51.5 Å². The van der Waals surface area contributed by atoms with Crippen molar-refractivity contribution in [1.29, 1.82) is 0 Å². The molecule has 2 aromatic rings. The van der Waals surface area contributed by atoms with Gasteiger partial charge in [-0.05, 0) is 62.8 Å². The Labute approximate surface area is 159 Å². The fraction of sp³-hybridized carbons (Fsp3) is 0.476. The Morgan fingerprint density at radius 3 is 2.63 bits per heavy atom. The molecule has 0 unspecified atom stereocenters. The molecule has 6 heteroatoms. The molecule has 0 atom stereocenters. The van der Waals surface area contributed by atoms with Gasteiger partial charge in [-0.3, -0.25) is 4.79 Å². The molecule has 0 spiro atoms. The third-order valence-corrected chi connectivity index (χ3v) is 5.20. The average Bonchev–Trinajstić information content (AvgIpc) is 2.67. The molecular formula is C21H25N3O3. The van der Waals surface area contributed by atoms with E-state index in [9.17, 15) is 4.79 Å². The number of aromatic nitrogens is 2. The number of amides is 1. The van der Waals surface area contributed by atoms with E-state index >= 15 is 0 Å². The van der Waals surface area contributed by atoms with E-state index in [0.29, 0.717) is 43.2 Å². The van der Waals surface area contributed by atoms with Crippen molar-refractivity contribution < 1.29 is 14.3 Å². The van der Waals surface area contributed by atoms with Gasteiger partial charge in [0, 0.05) is 29.9 Å². The first-order valence-corrected chi connectivity index (χ1v) is 9.65. The van der Waals surface area contributed by atoms with Crippen LogP contribution in [0, 0.1) is 13.8 Å². The summed E-state index contributed by atoms with van der Waals surface area (Å²) in [6.45, 7) is 5.52. The van der Waals surface area contributed by atoms with Crippen LogP contribution >= 0.6 is 0 Å². The molecule has 2 aliphatic rings. The van der Waals surface area contributed by atoms with Gasteiger partial charge < -0.3 is 14.8 Å². The number of carbonyl (C=O) groups excluding carboxylic acids is 1. The predicted octanol–water partition coefficient (Wildman–Crippen LogP) is 2.72. The Morgan fingerprint density at radius 2 is 1.81 bits per heavy atom. The summed E-state index contributed by atoms with van der Waals surface area (Å²) in [7, 11) is 0. The van der Waals surface area contributed by atoms with Crippen molar-refractivity contribution >= 4 is 5.91 Å². The number of aryl methyl sites for hydroxylation is 3. The number of hydrogen-bond acceptors (Lipinski definition) is 5. The van der Waals surface area contributed by atoms with E-state index in [4.69, 9.17) is 14.5 Å². The summed E-state index contributed by atoms with van der Waals surface area (Å²) in [5.41, 5.74) is 5.09. The van der Waals surface area contributed by atoms with E-state index in [1.807, 2.05) is 13.0 Å². The van der Waals surface area contributed by atoms with Crippen LogP contribution in [-0.4, -0.2) is 35.6 Å². The molecule has 1 amide bonds. The minimum absolute atomic E-state index is 0.112. The SMILES string of the molecule is Cc1cc2c(cc1C(=O)NCCc1nc(C)c3c(n1)CCCC3)OCCO2. The third kappa shape index (κ3) is 3.75. The number of rotatable bonds is 4. The summed E-state index contributed by atoms with van der Waals surface area (Å²) in [6.07, 6.45) is 5.17. The maximum absolute atomic E-state index is 12.6. The molecule has 1 aromatic carbocycles. The summed E-state index contributed by atoms with van der Waals surface area (Å²) in [4.78, 5) is 21.9. The standard InChI is InChI=1S/C21H25N3O3/c1-13-11-18-19(27-10-9-26-18)12-16(13)21(25)22-8-7-20-23-14(2)15-5-3-4-6-17(15)24-20/h11-12H,3-10H2,1-2H3,(H,22,25). The smallest absolute Gasteiger partial charge is 0.251 e. The first kappa shape index (κ1) is 17.8. The van der Waals surface area contributed by atoms with Crippen molar-refractivity contribution in [2.45, 2.75) is 46.0 Å². The van der Waals surface area contributed by atoms with Gasteiger partial charge in [0.25, 0.3) is 5.91 Å². The second-order valence-electron chi connectivity index (χ2n) is 7.17. The number of nitrogens with zero attached hydrogens (tertiary/aromatic N) is 2. The van der Waals surface area contributed by atoms with Gasteiger partial charge >= 0.3 is 0 Å². The predicted molar refractivity (Wildman–Crippen MR) is 102 cm³/mol. The lowest BCUT2D eigenvalue weighted by Crippen LogP contribution is -2.27. The minimum Gasteiger partial charge on any atom is -0.486 e. The van der Waals surface area contributed by atoms with Crippen molar-refractivity contribution in [2.24, 2.45) is 0 Å². The third-order valence-electron chi connectivity index (χ3n) is 5.20. The van der Waals surface area contributed by atoms with Crippen LogP contribution in [0.25, 0.3) is 0 Å². The van der Waals surface area contributed by atoms with Crippen molar-refractivity contribution in [3.05, 3.63) is 46.0 Å². The van der Waals surface area contributed by atoms with Crippen molar-refractivity contribution in [3.63, 3.8) is 0 Å². The van der Waals surface area contributed by atoms with E-state index in [1.54, 1.807) is 6.07 Å². The zero-order valence-corrected chi connectivity index (χ0v) is 15.9. The van der Waals surface area contributed by atoms with Crippen LogP contribution in [0.5, 0.6) is 11.5 Å². The quantitative estimate of drug-likeness (QED) is 0.899. The summed E-state index contributed by atoms with van der Waals surface area (Å²) in [6, 6.07) is 3.62. The molecule has 0 saturated carbocycles.